The van der Waals surface area contributed by atoms with Crippen molar-refractivity contribution in [3.63, 3.8) is 0 Å². The lowest BCUT2D eigenvalue weighted by molar-refractivity contribution is -0.137. The highest BCUT2D eigenvalue weighted by atomic mass is 35.5. The molecule has 0 bridgehead atoms. The standard InChI is InChI=1S/C14H7Cl3F3NO/c15-9-3-1-7(5-10(9)16)13(22)21-12-4-2-8(6-11(12)17)14(18,19)20/h1-6H,(H,21,22). The number of carbonyl (C=O) groups is 1. The maximum atomic E-state index is 12.5. The van der Waals surface area contributed by atoms with Crippen LogP contribution in [0.2, 0.25) is 15.1 Å². The van der Waals surface area contributed by atoms with Crippen LogP contribution in [0.3, 0.4) is 0 Å². The van der Waals surface area contributed by atoms with Crippen molar-refractivity contribution < 1.29 is 18.0 Å². The fourth-order valence-corrected chi connectivity index (χ4v) is 2.15. The van der Waals surface area contributed by atoms with Crippen molar-refractivity contribution in [1.29, 1.82) is 0 Å². The van der Waals surface area contributed by atoms with Crippen LogP contribution in [0.5, 0.6) is 0 Å². The maximum absolute atomic E-state index is 12.5. The average molecular weight is 369 g/mol. The molecule has 0 heterocycles. The van der Waals surface area contributed by atoms with Gasteiger partial charge in [0, 0.05) is 5.56 Å². The van der Waals surface area contributed by atoms with E-state index in [4.69, 9.17) is 34.8 Å². The molecule has 0 aliphatic rings. The summed E-state index contributed by atoms with van der Waals surface area (Å²) in [5.74, 6) is -0.569. The van der Waals surface area contributed by atoms with Gasteiger partial charge in [0.2, 0.25) is 0 Å². The number of nitrogens with one attached hydrogen (secondary N) is 1. The summed E-state index contributed by atoms with van der Waals surface area (Å²) in [5, 5.41) is 2.66. The number of benzene rings is 2. The number of halogens is 6. The van der Waals surface area contributed by atoms with Gasteiger partial charge in [-0.15, -0.1) is 0 Å². The van der Waals surface area contributed by atoms with Crippen molar-refractivity contribution in [3.05, 3.63) is 62.6 Å². The third kappa shape index (κ3) is 3.85. The van der Waals surface area contributed by atoms with Gasteiger partial charge in [0.05, 0.1) is 26.3 Å². The van der Waals surface area contributed by atoms with Crippen LogP contribution in [0.15, 0.2) is 36.4 Å². The van der Waals surface area contributed by atoms with Crippen LogP contribution in [0, 0.1) is 0 Å². The molecule has 22 heavy (non-hydrogen) atoms. The van der Waals surface area contributed by atoms with Gasteiger partial charge in [0.25, 0.3) is 5.91 Å². The van der Waals surface area contributed by atoms with Crippen molar-refractivity contribution in [2.24, 2.45) is 0 Å². The summed E-state index contributed by atoms with van der Waals surface area (Å²) in [7, 11) is 0. The minimum atomic E-state index is -4.50. The summed E-state index contributed by atoms with van der Waals surface area (Å²) in [4.78, 5) is 12.0. The summed E-state index contributed by atoms with van der Waals surface area (Å²) >= 11 is 17.3. The first-order valence-corrected chi connectivity index (χ1v) is 6.95. The zero-order valence-corrected chi connectivity index (χ0v) is 12.9. The van der Waals surface area contributed by atoms with E-state index in [2.05, 4.69) is 5.32 Å². The number of carbonyl (C=O) groups excluding carboxylic acids is 1. The van der Waals surface area contributed by atoms with Gasteiger partial charge in [-0.1, -0.05) is 34.8 Å². The summed E-state index contributed by atoms with van der Waals surface area (Å²) < 4.78 is 37.6. The Morgan fingerprint density at radius 3 is 2.14 bits per heavy atom. The first-order valence-electron chi connectivity index (χ1n) is 5.81. The smallest absolute Gasteiger partial charge is 0.321 e. The Labute approximate surface area is 138 Å². The van der Waals surface area contributed by atoms with E-state index in [1.54, 1.807) is 0 Å². The van der Waals surface area contributed by atoms with Gasteiger partial charge in [-0.3, -0.25) is 4.79 Å². The molecule has 0 radical (unpaired) electrons. The predicted octanol–water partition coefficient (Wildman–Crippen LogP) is 5.92. The average Bonchev–Trinajstić information content (AvgIpc) is 2.42. The van der Waals surface area contributed by atoms with E-state index in [-0.39, 0.29) is 26.3 Å². The Kier molecular flexibility index (Phi) is 4.90. The highest BCUT2D eigenvalue weighted by Gasteiger charge is 2.31. The molecule has 0 unspecified atom stereocenters. The van der Waals surface area contributed by atoms with Gasteiger partial charge in [-0.2, -0.15) is 13.2 Å². The molecule has 0 fully saturated rings. The minimum absolute atomic E-state index is 0.0609. The lowest BCUT2D eigenvalue weighted by Gasteiger charge is -2.11. The molecule has 0 spiro atoms. The molecule has 0 aliphatic heterocycles. The molecular weight excluding hydrogens is 362 g/mol. The first-order chi connectivity index (χ1) is 10.2. The summed E-state index contributed by atoms with van der Waals surface area (Å²) in [5.41, 5.74) is -0.638. The van der Waals surface area contributed by atoms with Crippen LogP contribution >= 0.6 is 34.8 Å². The fraction of sp³-hybridized carbons (Fsp3) is 0.0714. The normalized spacial score (nSPS) is 11.4. The van der Waals surface area contributed by atoms with Crippen molar-refractivity contribution in [3.8, 4) is 0 Å². The lowest BCUT2D eigenvalue weighted by Crippen LogP contribution is -2.13. The number of hydrogen-bond donors (Lipinski definition) is 1. The van der Waals surface area contributed by atoms with Crippen molar-refractivity contribution in [1.82, 2.24) is 0 Å². The van der Waals surface area contributed by atoms with Crippen LogP contribution < -0.4 is 5.32 Å². The molecule has 0 aliphatic carbocycles. The van der Waals surface area contributed by atoms with E-state index < -0.39 is 17.6 Å². The first kappa shape index (κ1) is 16.9. The van der Waals surface area contributed by atoms with Crippen molar-refractivity contribution >= 4 is 46.4 Å². The Bertz CT molecular complexity index is 732. The topological polar surface area (TPSA) is 29.1 Å². The van der Waals surface area contributed by atoms with Crippen molar-refractivity contribution in [2.75, 3.05) is 5.32 Å². The number of alkyl halides is 3. The van der Waals surface area contributed by atoms with Crippen LogP contribution in [-0.2, 0) is 6.18 Å². The largest absolute Gasteiger partial charge is 0.416 e. The highest BCUT2D eigenvalue weighted by Crippen LogP contribution is 2.34. The molecule has 2 aromatic carbocycles. The second kappa shape index (κ2) is 6.36. The van der Waals surface area contributed by atoms with E-state index in [0.717, 1.165) is 18.2 Å². The van der Waals surface area contributed by atoms with E-state index in [0.29, 0.717) is 0 Å². The fourth-order valence-electron chi connectivity index (χ4n) is 1.62. The van der Waals surface area contributed by atoms with Gasteiger partial charge in [-0.25, -0.2) is 0 Å². The second-order valence-electron chi connectivity index (χ2n) is 4.28. The zero-order valence-electron chi connectivity index (χ0n) is 10.6. The highest BCUT2D eigenvalue weighted by molar-refractivity contribution is 6.42. The van der Waals surface area contributed by atoms with Crippen LogP contribution in [0.4, 0.5) is 18.9 Å². The molecule has 2 rings (SSSR count). The number of amides is 1. The molecule has 1 N–H and O–H groups in total. The molecular formula is C14H7Cl3F3NO. The van der Waals surface area contributed by atoms with Crippen LogP contribution in [0.25, 0.3) is 0 Å². The summed E-state index contributed by atoms with van der Waals surface area (Å²) in [6, 6.07) is 6.87. The Hall–Kier alpha value is -1.43. The monoisotopic (exact) mass is 367 g/mol. The van der Waals surface area contributed by atoms with E-state index >= 15 is 0 Å². The van der Waals surface area contributed by atoms with Crippen LogP contribution in [0.1, 0.15) is 15.9 Å². The zero-order chi connectivity index (χ0) is 16.5. The Morgan fingerprint density at radius 1 is 0.909 bits per heavy atom. The molecule has 2 aromatic rings. The van der Waals surface area contributed by atoms with Gasteiger partial charge in [-0.05, 0) is 36.4 Å². The van der Waals surface area contributed by atoms with Gasteiger partial charge >= 0.3 is 6.18 Å². The lowest BCUT2D eigenvalue weighted by atomic mass is 10.1. The SMILES string of the molecule is O=C(Nc1ccc(C(F)(F)F)cc1Cl)c1ccc(Cl)c(Cl)c1. The third-order valence-electron chi connectivity index (χ3n) is 2.73. The quantitative estimate of drug-likeness (QED) is 0.700. The minimum Gasteiger partial charge on any atom is -0.321 e. The molecule has 1 amide bonds. The third-order valence-corrected chi connectivity index (χ3v) is 3.78. The molecule has 0 saturated carbocycles. The molecule has 2 nitrogen and oxygen atoms in total. The van der Waals surface area contributed by atoms with E-state index in [9.17, 15) is 18.0 Å². The second-order valence-corrected chi connectivity index (χ2v) is 5.50. The Morgan fingerprint density at radius 2 is 1.59 bits per heavy atom. The molecule has 0 saturated heterocycles. The van der Waals surface area contributed by atoms with Gasteiger partial charge < -0.3 is 5.32 Å². The molecule has 116 valence electrons. The summed E-state index contributed by atoms with van der Waals surface area (Å²) in [6.45, 7) is 0. The number of anilines is 1. The molecule has 0 aromatic heterocycles. The molecule has 8 heteroatoms. The Balaban J connectivity index is 2.23. The van der Waals surface area contributed by atoms with E-state index in [1.807, 2.05) is 0 Å². The van der Waals surface area contributed by atoms with Gasteiger partial charge in [0.1, 0.15) is 0 Å². The van der Waals surface area contributed by atoms with Gasteiger partial charge in [0.15, 0.2) is 0 Å². The van der Waals surface area contributed by atoms with Crippen molar-refractivity contribution in [2.45, 2.75) is 6.18 Å². The number of rotatable bonds is 2. The predicted molar refractivity (Wildman–Crippen MR) is 80.9 cm³/mol. The van der Waals surface area contributed by atoms with E-state index in [1.165, 1.54) is 18.2 Å². The maximum Gasteiger partial charge on any atom is 0.416 e. The molecule has 0 atom stereocenters. The summed E-state index contributed by atoms with van der Waals surface area (Å²) in [6.07, 6.45) is -4.50. The number of hydrogen-bond acceptors (Lipinski definition) is 1. The van der Waals surface area contributed by atoms with Crippen LogP contribution in [-0.4, -0.2) is 5.91 Å².